The maximum atomic E-state index is 13.5. The van der Waals surface area contributed by atoms with E-state index in [0.717, 1.165) is 22.8 Å². The number of methoxy groups -OCH3 is 1. The largest absolute Gasteiger partial charge is 0.497 e. The van der Waals surface area contributed by atoms with Crippen molar-refractivity contribution in [3.8, 4) is 11.4 Å². The summed E-state index contributed by atoms with van der Waals surface area (Å²) in [5.41, 5.74) is 4.77. The maximum Gasteiger partial charge on any atom is 0.278 e. The van der Waals surface area contributed by atoms with Crippen molar-refractivity contribution in [1.82, 2.24) is 19.9 Å². The van der Waals surface area contributed by atoms with Crippen molar-refractivity contribution in [3.05, 3.63) is 65.5 Å². The third kappa shape index (κ3) is 3.60. The molecule has 2 fully saturated rings. The molecular weight excluding hydrogens is 414 g/mol. The van der Waals surface area contributed by atoms with E-state index in [2.05, 4.69) is 39.5 Å². The Bertz CT molecular complexity index is 1160. The molecule has 0 unspecified atom stereocenters. The van der Waals surface area contributed by atoms with Crippen LogP contribution < -0.4 is 9.64 Å². The average Bonchev–Trinajstić information content (AvgIpc) is 3.24. The van der Waals surface area contributed by atoms with Crippen LogP contribution in [0, 0.1) is 0 Å². The molecule has 0 atom stereocenters. The van der Waals surface area contributed by atoms with E-state index in [1.165, 1.54) is 50.9 Å². The molecule has 0 radical (unpaired) electrons. The van der Waals surface area contributed by atoms with Gasteiger partial charge >= 0.3 is 0 Å². The summed E-state index contributed by atoms with van der Waals surface area (Å²) in [6.07, 6.45) is 5.88. The summed E-state index contributed by atoms with van der Waals surface area (Å²) >= 11 is 0. The van der Waals surface area contributed by atoms with E-state index < -0.39 is 0 Å². The first kappa shape index (κ1) is 20.4. The fourth-order valence-corrected chi connectivity index (χ4v) is 5.35. The Balaban J connectivity index is 1.24. The number of carbonyl (C=O) groups is 1. The van der Waals surface area contributed by atoms with Gasteiger partial charge in [0.05, 0.1) is 18.5 Å². The van der Waals surface area contributed by atoms with Crippen LogP contribution >= 0.6 is 0 Å². The second kappa shape index (κ2) is 7.99. The third-order valence-corrected chi connectivity index (χ3v) is 7.45. The summed E-state index contributed by atoms with van der Waals surface area (Å²) in [6, 6.07) is 16.2. The van der Waals surface area contributed by atoms with Gasteiger partial charge in [-0.1, -0.05) is 17.3 Å². The van der Waals surface area contributed by atoms with Gasteiger partial charge in [-0.15, -0.1) is 5.10 Å². The smallest absolute Gasteiger partial charge is 0.278 e. The fourth-order valence-electron chi connectivity index (χ4n) is 5.35. The van der Waals surface area contributed by atoms with Gasteiger partial charge in [0.25, 0.3) is 5.91 Å². The van der Waals surface area contributed by atoms with Gasteiger partial charge < -0.3 is 14.5 Å². The molecule has 0 bridgehead atoms. The number of aromatic nitrogens is 3. The van der Waals surface area contributed by atoms with Crippen molar-refractivity contribution >= 4 is 11.6 Å². The molecule has 2 aromatic carbocycles. The molecule has 3 aromatic rings. The molecule has 0 spiro atoms. The first-order chi connectivity index (χ1) is 16.2. The van der Waals surface area contributed by atoms with Gasteiger partial charge in [0.15, 0.2) is 5.69 Å². The van der Waals surface area contributed by atoms with Gasteiger partial charge in [0, 0.05) is 30.6 Å². The van der Waals surface area contributed by atoms with Crippen LogP contribution in [0.5, 0.6) is 5.75 Å². The van der Waals surface area contributed by atoms with Gasteiger partial charge in [-0.25, -0.2) is 4.68 Å². The second-order valence-corrected chi connectivity index (χ2v) is 9.51. The molecular formula is C26H29N5O2. The number of carbonyl (C=O) groups excluding carboxylic acids is 1. The lowest BCUT2D eigenvalue weighted by Gasteiger charge is -2.28. The molecule has 170 valence electrons. The Morgan fingerprint density at radius 1 is 0.939 bits per heavy atom. The van der Waals surface area contributed by atoms with E-state index in [-0.39, 0.29) is 5.91 Å². The minimum absolute atomic E-state index is 0.0528. The zero-order valence-corrected chi connectivity index (χ0v) is 19.0. The van der Waals surface area contributed by atoms with Crippen LogP contribution in [0.3, 0.4) is 0 Å². The predicted molar refractivity (Wildman–Crippen MR) is 126 cm³/mol. The normalized spacial score (nSPS) is 19.5. The standard InChI is InChI=1S/C26H29N5O2/c1-33-22-10-8-21(9-11-22)31-24-23(27-28-31)12-17-30(25(24)32)20-6-4-19(5-7-20)26(13-14-26)18-29-15-2-3-16-29/h4-11H,2-3,12-18H2,1H3. The van der Waals surface area contributed by atoms with Crippen LogP contribution in [0.1, 0.15) is 47.4 Å². The van der Waals surface area contributed by atoms with Crippen LogP contribution in [0.25, 0.3) is 5.69 Å². The summed E-state index contributed by atoms with van der Waals surface area (Å²) in [5, 5.41) is 8.57. The summed E-state index contributed by atoms with van der Waals surface area (Å²) < 4.78 is 6.89. The van der Waals surface area contributed by atoms with Gasteiger partial charge in [-0.05, 0) is 80.7 Å². The molecule has 1 aromatic heterocycles. The summed E-state index contributed by atoms with van der Waals surface area (Å²) in [6.45, 7) is 4.26. The molecule has 6 rings (SSSR count). The molecule has 3 heterocycles. The third-order valence-electron chi connectivity index (χ3n) is 7.45. The fraction of sp³-hybridized carbons (Fsp3) is 0.423. The lowest BCUT2D eigenvalue weighted by atomic mass is 9.95. The SMILES string of the molecule is COc1ccc(-n2nnc3c2C(=O)N(c2ccc(C4(CN5CCCC5)CC4)cc2)CC3)cc1. The van der Waals surface area contributed by atoms with Crippen molar-refractivity contribution < 1.29 is 9.53 Å². The number of hydrogen-bond donors (Lipinski definition) is 0. The number of amides is 1. The molecule has 1 amide bonds. The summed E-state index contributed by atoms with van der Waals surface area (Å²) in [4.78, 5) is 18.0. The highest BCUT2D eigenvalue weighted by molar-refractivity contribution is 6.07. The molecule has 1 saturated heterocycles. The molecule has 7 nitrogen and oxygen atoms in total. The topological polar surface area (TPSA) is 63.5 Å². The number of rotatable bonds is 6. The molecule has 3 aliphatic rings. The summed E-state index contributed by atoms with van der Waals surface area (Å²) in [7, 11) is 1.64. The van der Waals surface area contributed by atoms with Gasteiger partial charge in [0.2, 0.25) is 0 Å². The van der Waals surface area contributed by atoms with Gasteiger partial charge in [0.1, 0.15) is 5.75 Å². The van der Waals surface area contributed by atoms with E-state index in [1.807, 2.05) is 29.2 Å². The number of hydrogen-bond acceptors (Lipinski definition) is 5. The lowest BCUT2D eigenvalue weighted by Crippen LogP contribution is -2.39. The Hall–Kier alpha value is -3.19. The highest BCUT2D eigenvalue weighted by atomic mass is 16.5. The number of anilines is 1. The minimum atomic E-state index is -0.0528. The van der Waals surface area contributed by atoms with Crippen molar-refractivity contribution in [3.63, 3.8) is 0 Å². The van der Waals surface area contributed by atoms with Crippen LogP contribution in [0.4, 0.5) is 5.69 Å². The number of nitrogens with zero attached hydrogens (tertiary/aromatic N) is 5. The van der Waals surface area contributed by atoms with E-state index in [1.54, 1.807) is 11.8 Å². The molecule has 1 saturated carbocycles. The van der Waals surface area contributed by atoms with E-state index >= 15 is 0 Å². The molecule has 1 aliphatic carbocycles. The van der Waals surface area contributed by atoms with Gasteiger partial charge in [-0.3, -0.25) is 4.79 Å². The number of fused-ring (bicyclic) bond motifs is 1. The van der Waals surface area contributed by atoms with E-state index in [0.29, 0.717) is 24.1 Å². The van der Waals surface area contributed by atoms with Crippen molar-refractivity contribution in [2.24, 2.45) is 0 Å². The molecule has 2 aliphatic heterocycles. The molecule has 33 heavy (non-hydrogen) atoms. The zero-order chi connectivity index (χ0) is 22.4. The number of ether oxygens (including phenoxy) is 1. The van der Waals surface area contributed by atoms with Crippen molar-refractivity contribution in [2.75, 3.05) is 38.2 Å². The van der Waals surface area contributed by atoms with Crippen LogP contribution in [-0.2, 0) is 11.8 Å². The number of benzene rings is 2. The second-order valence-electron chi connectivity index (χ2n) is 9.51. The molecule has 0 N–H and O–H groups in total. The van der Waals surface area contributed by atoms with Crippen LogP contribution in [-0.4, -0.2) is 59.1 Å². The first-order valence-electron chi connectivity index (χ1n) is 11.9. The Labute approximate surface area is 193 Å². The Morgan fingerprint density at radius 2 is 1.64 bits per heavy atom. The minimum Gasteiger partial charge on any atom is -0.497 e. The highest BCUT2D eigenvalue weighted by Gasteiger charge is 2.45. The predicted octanol–water partition coefficient (Wildman–Crippen LogP) is 3.61. The molecule has 7 heteroatoms. The van der Waals surface area contributed by atoms with Crippen molar-refractivity contribution in [2.45, 2.75) is 37.5 Å². The number of likely N-dealkylation sites (tertiary alicyclic amines) is 1. The summed E-state index contributed by atoms with van der Waals surface area (Å²) in [5.74, 6) is 0.710. The highest BCUT2D eigenvalue weighted by Crippen LogP contribution is 2.49. The Kier molecular flexibility index (Phi) is 4.94. The Morgan fingerprint density at radius 3 is 2.30 bits per heavy atom. The first-order valence-corrected chi connectivity index (χ1v) is 11.9. The quantitative estimate of drug-likeness (QED) is 0.582. The van der Waals surface area contributed by atoms with Gasteiger partial charge in [-0.2, -0.15) is 0 Å². The van der Waals surface area contributed by atoms with Crippen LogP contribution in [0.15, 0.2) is 48.5 Å². The van der Waals surface area contributed by atoms with Crippen LogP contribution in [0.2, 0.25) is 0 Å². The maximum absolute atomic E-state index is 13.5. The van der Waals surface area contributed by atoms with E-state index in [9.17, 15) is 4.79 Å². The van der Waals surface area contributed by atoms with Crippen molar-refractivity contribution in [1.29, 1.82) is 0 Å². The zero-order valence-electron chi connectivity index (χ0n) is 19.0. The lowest BCUT2D eigenvalue weighted by molar-refractivity contribution is 0.0973. The average molecular weight is 444 g/mol. The van der Waals surface area contributed by atoms with E-state index in [4.69, 9.17) is 4.74 Å². The monoisotopic (exact) mass is 443 g/mol.